The van der Waals surface area contributed by atoms with Gasteiger partial charge in [-0.3, -0.25) is 9.69 Å². The summed E-state index contributed by atoms with van der Waals surface area (Å²) >= 11 is 2.17. The maximum Gasteiger partial charge on any atom is 0.416 e. The lowest BCUT2D eigenvalue weighted by Gasteiger charge is -2.33. The molecule has 1 N–H and O–H groups in total. The molecule has 0 bridgehead atoms. The van der Waals surface area contributed by atoms with Crippen LogP contribution < -0.4 is 5.32 Å². The van der Waals surface area contributed by atoms with E-state index in [1.165, 1.54) is 6.07 Å². The molecule has 0 atom stereocenters. The smallest absolute Gasteiger partial charge is 0.322 e. The molecule has 1 heterocycles. The number of alkyl halides is 3. The molecule has 0 aromatic heterocycles. The van der Waals surface area contributed by atoms with Crippen LogP contribution in [0, 0.1) is 17.4 Å². The third kappa shape index (κ3) is 5.33. The van der Waals surface area contributed by atoms with Crippen molar-refractivity contribution >= 4 is 34.2 Å². The maximum atomic E-state index is 13.7. The molecular weight excluding hydrogens is 506 g/mol. The highest BCUT2D eigenvalue weighted by molar-refractivity contribution is 14.1. The molecule has 1 fully saturated rings. The Morgan fingerprint density at radius 3 is 2.40 bits per heavy atom. The average Bonchev–Trinajstić information content (AvgIpc) is 2.68. The number of anilines is 1. The van der Waals surface area contributed by atoms with E-state index in [0.717, 1.165) is 46.9 Å². The van der Waals surface area contributed by atoms with Crippen LogP contribution in [0.5, 0.6) is 0 Å². The van der Waals surface area contributed by atoms with Crippen molar-refractivity contribution in [1.82, 2.24) is 9.80 Å². The van der Waals surface area contributed by atoms with Gasteiger partial charge in [0.2, 0.25) is 0 Å². The van der Waals surface area contributed by atoms with Crippen LogP contribution in [-0.4, -0.2) is 48.9 Å². The minimum Gasteiger partial charge on any atom is -0.322 e. The molecule has 1 saturated heterocycles. The zero-order valence-corrected chi connectivity index (χ0v) is 19.4. The van der Waals surface area contributed by atoms with Crippen LogP contribution in [0.3, 0.4) is 0 Å². The number of amides is 1. The zero-order valence-electron chi connectivity index (χ0n) is 17.2. The predicted molar refractivity (Wildman–Crippen MR) is 121 cm³/mol. The van der Waals surface area contributed by atoms with E-state index in [1.807, 2.05) is 31.9 Å². The minimum absolute atomic E-state index is 0.143. The second-order valence-corrected chi connectivity index (χ2v) is 8.85. The first-order valence-electron chi connectivity index (χ1n) is 9.74. The first-order valence-corrected chi connectivity index (χ1v) is 10.8. The van der Waals surface area contributed by atoms with Crippen molar-refractivity contribution in [1.29, 1.82) is 0 Å². The molecular formula is C22H25F3IN3O. The van der Waals surface area contributed by atoms with Gasteiger partial charge in [-0.15, -0.1) is 0 Å². The number of carbonyl (C=O) groups excluding carboxylic acids is 1. The molecule has 3 rings (SSSR count). The van der Waals surface area contributed by atoms with Crippen LogP contribution in [0.25, 0.3) is 0 Å². The van der Waals surface area contributed by atoms with Crippen molar-refractivity contribution < 1.29 is 18.0 Å². The normalized spacial score (nSPS) is 16.0. The summed E-state index contributed by atoms with van der Waals surface area (Å²) in [7, 11) is 2.01. The molecule has 0 radical (unpaired) electrons. The Labute approximate surface area is 188 Å². The van der Waals surface area contributed by atoms with Gasteiger partial charge in [-0.2, -0.15) is 13.2 Å². The summed E-state index contributed by atoms with van der Waals surface area (Å²) in [6.45, 7) is 7.17. The van der Waals surface area contributed by atoms with Crippen molar-refractivity contribution in [2.75, 3.05) is 38.5 Å². The summed E-state index contributed by atoms with van der Waals surface area (Å²) in [6.07, 6.45) is -4.49. The summed E-state index contributed by atoms with van der Waals surface area (Å²) in [5, 5.41) is 2.63. The first-order chi connectivity index (χ1) is 14.1. The number of halogens is 4. The molecule has 2 aromatic carbocycles. The van der Waals surface area contributed by atoms with E-state index in [9.17, 15) is 18.0 Å². The third-order valence-corrected chi connectivity index (χ3v) is 7.15. The summed E-state index contributed by atoms with van der Waals surface area (Å²) in [4.78, 5) is 16.9. The van der Waals surface area contributed by atoms with Crippen molar-refractivity contribution in [2.24, 2.45) is 0 Å². The van der Waals surface area contributed by atoms with Gasteiger partial charge < -0.3 is 10.2 Å². The van der Waals surface area contributed by atoms with Gasteiger partial charge in [0.15, 0.2) is 0 Å². The Kier molecular flexibility index (Phi) is 7.09. The molecule has 1 aliphatic heterocycles. The van der Waals surface area contributed by atoms with Gasteiger partial charge in [-0.1, -0.05) is 12.1 Å². The number of benzene rings is 2. The summed E-state index contributed by atoms with van der Waals surface area (Å²) in [5.41, 5.74) is 2.00. The van der Waals surface area contributed by atoms with Crippen LogP contribution in [0.1, 0.15) is 32.6 Å². The summed E-state index contributed by atoms with van der Waals surface area (Å²) < 4.78 is 42.1. The molecule has 4 nitrogen and oxygen atoms in total. The average molecular weight is 531 g/mol. The van der Waals surface area contributed by atoms with Crippen molar-refractivity contribution in [3.8, 4) is 0 Å². The maximum absolute atomic E-state index is 13.7. The molecule has 1 amide bonds. The first kappa shape index (κ1) is 23.0. The van der Waals surface area contributed by atoms with Crippen molar-refractivity contribution in [3.63, 3.8) is 0 Å². The van der Waals surface area contributed by atoms with E-state index >= 15 is 0 Å². The van der Waals surface area contributed by atoms with Crippen LogP contribution in [0.15, 0.2) is 30.3 Å². The fraction of sp³-hybridized carbons (Fsp3) is 0.409. The standard InChI is InChI=1S/C22H25F3IN3O/c1-14-4-7-18(15(2)20(14)26)21(30)27-17-6-5-16(19(12-17)22(23,24)25)13-29-10-8-28(3)9-11-29/h4-7,12H,8-11,13H2,1-3H3,(H,27,30). The van der Waals surface area contributed by atoms with Gasteiger partial charge in [0.1, 0.15) is 0 Å². The summed E-state index contributed by atoms with van der Waals surface area (Å²) in [5.74, 6) is -0.412. The zero-order chi connectivity index (χ0) is 22.1. The van der Waals surface area contributed by atoms with Crippen LogP contribution in [0.4, 0.5) is 18.9 Å². The third-order valence-electron chi connectivity index (χ3n) is 5.49. The van der Waals surface area contributed by atoms with Crippen LogP contribution >= 0.6 is 22.6 Å². The molecule has 1 aliphatic rings. The molecule has 8 heteroatoms. The highest BCUT2D eigenvalue weighted by Crippen LogP contribution is 2.35. The second kappa shape index (κ2) is 9.23. The number of hydrogen-bond acceptors (Lipinski definition) is 3. The Morgan fingerprint density at radius 1 is 1.10 bits per heavy atom. The molecule has 162 valence electrons. The molecule has 30 heavy (non-hydrogen) atoms. The lowest BCUT2D eigenvalue weighted by molar-refractivity contribution is -0.138. The van der Waals surface area contributed by atoms with Crippen LogP contribution in [0.2, 0.25) is 0 Å². The SMILES string of the molecule is Cc1ccc(C(=O)Nc2ccc(CN3CCN(C)CC3)c(C(F)(F)F)c2)c(C)c1I. The van der Waals surface area contributed by atoms with Gasteiger partial charge >= 0.3 is 6.18 Å². The van der Waals surface area contributed by atoms with E-state index in [2.05, 4.69) is 32.8 Å². The number of likely N-dealkylation sites (N-methyl/N-ethyl adjacent to an activating group) is 1. The number of nitrogens with zero attached hydrogens (tertiary/aromatic N) is 2. The van der Waals surface area contributed by atoms with Gasteiger partial charge in [-0.25, -0.2) is 0 Å². The molecule has 0 saturated carbocycles. The Bertz CT molecular complexity index is 938. The van der Waals surface area contributed by atoms with E-state index in [0.29, 0.717) is 5.56 Å². The number of nitrogens with one attached hydrogen (secondary N) is 1. The van der Waals surface area contributed by atoms with E-state index < -0.39 is 17.6 Å². The minimum atomic E-state index is -4.49. The lowest BCUT2D eigenvalue weighted by atomic mass is 10.0. The highest BCUT2D eigenvalue weighted by atomic mass is 127. The lowest BCUT2D eigenvalue weighted by Crippen LogP contribution is -2.44. The number of carbonyl (C=O) groups is 1. The summed E-state index contributed by atoms with van der Waals surface area (Å²) in [6, 6.07) is 7.60. The van der Waals surface area contributed by atoms with E-state index in [1.54, 1.807) is 12.1 Å². The van der Waals surface area contributed by atoms with Gasteiger partial charge in [-0.05, 0) is 78.4 Å². The van der Waals surface area contributed by atoms with E-state index in [-0.39, 0.29) is 17.8 Å². The monoisotopic (exact) mass is 531 g/mol. The van der Waals surface area contributed by atoms with E-state index in [4.69, 9.17) is 0 Å². The van der Waals surface area contributed by atoms with Crippen molar-refractivity contribution in [3.05, 3.63) is 61.7 Å². The Hall–Kier alpha value is -1.65. The van der Waals surface area contributed by atoms with Crippen LogP contribution in [-0.2, 0) is 12.7 Å². The highest BCUT2D eigenvalue weighted by Gasteiger charge is 2.34. The topological polar surface area (TPSA) is 35.6 Å². The quantitative estimate of drug-likeness (QED) is 0.569. The second-order valence-electron chi connectivity index (χ2n) is 7.77. The molecule has 2 aromatic rings. The number of piperazine rings is 1. The molecule has 0 unspecified atom stereocenters. The number of aryl methyl sites for hydroxylation is 1. The predicted octanol–water partition coefficient (Wildman–Crippen LogP) is 4.93. The van der Waals surface area contributed by atoms with Crippen molar-refractivity contribution in [2.45, 2.75) is 26.6 Å². The van der Waals surface area contributed by atoms with Gasteiger partial charge in [0.25, 0.3) is 5.91 Å². The van der Waals surface area contributed by atoms with Gasteiger partial charge in [0, 0.05) is 47.5 Å². The Morgan fingerprint density at radius 2 is 1.77 bits per heavy atom. The fourth-order valence-corrected chi connectivity index (χ4v) is 4.04. The largest absolute Gasteiger partial charge is 0.416 e. The number of hydrogen-bond donors (Lipinski definition) is 1. The number of rotatable bonds is 4. The molecule has 0 aliphatic carbocycles. The Balaban J connectivity index is 1.83. The van der Waals surface area contributed by atoms with Gasteiger partial charge in [0.05, 0.1) is 5.56 Å². The molecule has 0 spiro atoms. The fourth-order valence-electron chi connectivity index (χ4n) is 3.57.